The molecule has 1 aromatic heterocycles. The third kappa shape index (κ3) is 3.50. The van der Waals surface area contributed by atoms with E-state index in [1.54, 1.807) is 18.2 Å². The Bertz CT molecular complexity index is 1350. The molecule has 6 nitrogen and oxygen atoms in total. The Morgan fingerprint density at radius 3 is 2.52 bits per heavy atom. The number of benzene rings is 3. The van der Waals surface area contributed by atoms with E-state index in [0.29, 0.717) is 5.69 Å². The van der Waals surface area contributed by atoms with Gasteiger partial charge in [0.2, 0.25) is 10.0 Å². The summed E-state index contributed by atoms with van der Waals surface area (Å²) in [4.78, 5) is 12.8. The van der Waals surface area contributed by atoms with Crippen LogP contribution in [0.4, 0.5) is 5.69 Å². The molecule has 1 aliphatic rings. The number of carbonyl (C=O) groups excluding carboxylic acids is 1. The zero-order chi connectivity index (χ0) is 20.0. The monoisotopic (exact) mass is 406 g/mol. The van der Waals surface area contributed by atoms with Crippen LogP contribution in [0.15, 0.2) is 76.0 Å². The number of fused-ring (bicyclic) bond motifs is 3. The average molecular weight is 406 g/mol. The predicted octanol–water partition coefficient (Wildman–Crippen LogP) is 4.28. The quantitative estimate of drug-likeness (QED) is 0.518. The van der Waals surface area contributed by atoms with Crippen LogP contribution in [0.1, 0.15) is 23.2 Å². The Balaban J connectivity index is 1.43. The molecule has 1 saturated carbocycles. The zero-order valence-corrected chi connectivity index (χ0v) is 16.2. The molecule has 146 valence electrons. The van der Waals surface area contributed by atoms with Gasteiger partial charge in [-0.3, -0.25) is 4.79 Å². The molecule has 0 atom stereocenters. The van der Waals surface area contributed by atoms with Crippen LogP contribution in [0.5, 0.6) is 0 Å². The molecule has 0 radical (unpaired) electrons. The number of hydrogen-bond donors (Lipinski definition) is 2. The Hall–Kier alpha value is -3.16. The number of anilines is 1. The average Bonchev–Trinajstić information content (AvgIpc) is 3.45. The maximum absolute atomic E-state index is 12.7. The number of carbonyl (C=O) groups is 1. The van der Waals surface area contributed by atoms with Crippen LogP contribution in [0, 0.1) is 0 Å². The lowest BCUT2D eigenvalue weighted by molar-refractivity contribution is 0.102. The van der Waals surface area contributed by atoms with Crippen molar-refractivity contribution in [1.29, 1.82) is 0 Å². The maximum atomic E-state index is 12.7. The van der Waals surface area contributed by atoms with Crippen molar-refractivity contribution in [1.82, 2.24) is 4.72 Å². The van der Waals surface area contributed by atoms with Crippen molar-refractivity contribution in [3.8, 4) is 0 Å². The minimum Gasteiger partial charge on any atom is -0.456 e. The summed E-state index contributed by atoms with van der Waals surface area (Å²) in [6.45, 7) is 0. The number of sulfonamides is 1. The first-order chi connectivity index (χ1) is 14.0. The van der Waals surface area contributed by atoms with Gasteiger partial charge in [-0.05, 0) is 55.3 Å². The molecule has 0 aliphatic heterocycles. The van der Waals surface area contributed by atoms with Crippen LogP contribution in [0.2, 0.25) is 0 Å². The van der Waals surface area contributed by atoms with Gasteiger partial charge in [0.25, 0.3) is 5.91 Å². The number of amides is 1. The highest BCUT2D eigenvalue weighted by Crippen LogP contribution is 2.30. The lowest BCUT2D eigenvalue weighted by Gasteiger charge is -2.09. The molecular formula is C22H18N2O4S. The van der Waals surface area contributed by atoms with E-state index in [9.17, 15) is 13.2 Å². The SMILES string of the molecule is O=C(Nc1ccc2oc3ccccc3c2c1)c1cccc(S(=O)(=O)NC2CC2)c1. The molecular weight excluding hydrogens is 388 g/mol. The third-order valence-corrected chi connectivity index (χ3v) is 6.46. The van der Waals surface area contributed by atoms with Gasteiger partial charge in [0.05, 0.1) is 4.90 Å². The topological polar surface area (TPSA) is 88.4 Å². The van der Waals surface area contributed by atoms with Crippen LogP contribution in [0.3, 0.4) is 0 Å². The number of furan rings is 1. The molecule has 1 aliphatic carbocycles. The molecule has 1 fully saturated rings. The normalized spacial score (nSPS) is 14.3. The summed E-state index contributed by atoms with van der Waals surface area (Å²) in [5, 5.41) is 4.72. The van der Waals surface area contributed by atoms with Crippen molar-refractivity contribution in [3.05, 3.63) is 72.3 Å². The highest BCUT2D eigenvalue weighted by Gasteiger charge is 2.28. The molecule has 0 bridgehead atoms. The summed E-state index contributed by atoms with van der Waals surface area (Å²) in [5.41, 5.74) is 2.41. The minimum absolute atomic E-state index is 0.00833. The van der Waals surface area contributed by atoms with E-state index in [4.69, 9.17) is 4.42 Å². The van der Waals surface area contributed by atoms with Crippen LogP contribution in [-0.2, 0) is 10.0 Å². The predicted molar refractivity (Wildman–Crippen MR) is 111 cm³/mol. The van der Waals surface area contributed by atoms with Crippen LogP contribution in [-0.4, -0.2) is 20.4 Å². The molecule has 5 rings (SSSR count). The fourth-order valence-electron chi connectivity index (χ4n) is 3.30. The lowest BCUT2D eigenvalue weighted by Crippen LogP contribution is -2.26. The zero-order valence-electron chi connectivity index (χ0n) is 15.4. The first-order valence-corrected chi connectivity index (χ1v) is 10.8. The van der Waals surface area contributed by atoms with Gasteiger partial charge in [-0.15, -0.1) is 0 Å². The van der Waals surface area contributed by atoms with Crippen molar-refractivity contribution in [2.45, 2.75) is 23.8 Å². The summed E-state index contributed by atoms with van der Waals surface area (Å²) in [6, 6.07) is 19.2. The van der Waals surface area contributed by atoms with Crippen molar-refractivity contribution in [2.75, 3.05) is 5.32 Å². The molecule has 2 N–H and O–H groups in total. The number of para-hydroxylation sites is 1. The van der Waals surface area contributed by atoms with E-state index in [1.165, 1.54) is 12.1 Å². The second kappa shape index (κ2) is 6.72. The summed E-state index contributed by atoms with van der Waals surface area (Å²) in [7, 11) is -3.61. The van der Waals surface area contributed by atoms with Crippen LogP contribution < -0.4 is 10.0 Å². The maximum Gasteiger partial charge on any atom is 0.255 e. The van der Waals surface area contributed by atoms with Crippen LogP contribution >= 0.6 is 0 Å². The highest BCUT2D eigenvalue weighted by atomic mass is 32.2. The van der Waals surface area contributed by atoms with Gasteiger partial charge in [-0.1, -0.05) is 24.3 Å². The van der Waals surface area contributed by atoms with E-state index in [1.807, 2.05) is 36.4 Å². The van der Waals surface area contributed by atoms with E-state index in [0.717, 1.165) is 34.8 Å². The van der Waals surface area contributed by atoms with Gasteiger partial charge in [-0.2, -0.15) is 0 Å². The van der Waals surface area contributed by atoms with Crippen LogP contribution in [0.25, 0.3) is 21.9 Å². The van der Waals surface area contributed by atoms with Crippen molar-refractivity contribution in [2.24, 2.45) is 0 Å². The highest BCUT2D eigenvalue weighted by molar-refractivity contribution is 7.89. The molecule has 29 heavy (non-hydrogen) atoms. The Labute approximate surface area is 167 Å². The third-order valence-electron chi connectivity index (χ3n) is 4.94. The number of rotatable bonds is 5. The lowest BCUT2D eigenvalue weighted by atomic mass is 10.1. The smallest absolute Gasteiger partial charge is 0.255 e. The van der Waals surface area contributed by atoms with Crippen molar-refractivity contribution in [3.63, 3.8) is 0 Å². The van der Waals surface area contributed by atoms with E-state index < -0.39 is 10.0 Å². The second-order valence-electron chi connectivity index (χ2n) is 7.19. The van der Waals surface area contributed by atoms with Gasteiger partial charge in [-0.25, -0.2) is 13.1 Å². The van der Waals surface area contributed by atoms with Gasteiger partial charge >= 0.3 is 0 Å². The fraction of sp³-hybridized carbons (Fsp3) is 0.136. The van der Waals surface area contributed by atoms with Gasteiger partial charge < -0.3 is 9.73 Å². The molecule has 0 unspecified atom stereocenters. The first kappa shape index (κ1) is 17.9. The number of hydrogen-bond acceptors (Lipinski definition) is 4. The summed E-state index contributed by atoms with van der Waals surface area (Å²) in [6.07, 6.45) is 1.70. The van der Waals surface area contributed by atoms with Crippen molar-refractivity contribution >= 4 is 43.6 Å². The Kier molecular flexibility index (Phi) is 4.15. The minimum atomic E-state index is -3.61. The summed E-state index contributed by atoms with van der Waals surface area (Å²) in [5.74, 6) is -0.374. The Morgan fingerprint density at radius 1 is 0.897 bits per heavy atom. The second-order valence-corrected chi connectivity index (χ2v) is 8.90. The molecule has 1 heterocycles. The molecule has 7 heteroatoms. The first-order valence-electron chi connectivity index (χ1n) is 9.35. The van der Waals surface area contributed by atoms with Gasteiger partial charge in [0.1, 0.15) is 11.2 Å². The van der Waals surface area contributed by atoms with E-state index in [2.05, 4.69) is 10.0 Å². The number of nitrogens with one attached hydrogen (secondary N) is 2. The van der Waals surface area contributed by atoms with Gasteiger partial charge in [0.15, 0.2) is 0 Å². The molecule has 1 amide bonds. The fourth-order valence-corrected chi connectivity index (χ4v) is 4.65. The molecule has 0 spiro atoms. The van der Waals surface area contributed by atoms with Crippen molar-refractivity contribution < 1.29 is 17.6 Å². The standard InChI is InChI=1S/C22H18N2O4S/c25-22(14-4-3-5-17(12-14)29(26,27)24-15-8-9-15)23-16-10-11-21-19(13-16)18-6-1-2-7-20(18)28-21/h1-7,10-13,15,24H,8-9H2,(H,23,25). The summed E-state index contributed by atoms with van der Waals surface area (Å²) < 4.78 is 33.2. The molecule has 0 saturated heterocycles. The largest absolute Gasteiger partial charge is 0.456 e. The van der Waals surface area contributed by atoms with Gasteiger partial charge in [0, 0.05) is 28.1 Å². The summed E-state index contributed by atoms with van der Waals surface area (Å²) >= 11 is 0. The molecule has 3 aromatic carbocycles. The Morgan fingerprint density at radius 2 is 1.69 bits per heavy atom. The van der Waals surface area contributed by atoms with E-state index in [-0.39, 0.29) is 22.4 Å². The van der Waals surface area contributed by atoms with E-state index >= 15 is 0 Å². The molecule has 4 aromatic rings.